The van der Waals surface area contributed by atoms with Crippen molar-refractivity contribution in [2.45, 2.75) is 6.18 Å². The summed E-state index contributed by atoms with van der Waals surface area (Å²) < 4.78 is 37.1. The Morgan fingerprint density at radius 3 is 2.33 bits per heavy atom. The van der Waals surface area contributed by atoms with Crippen LogP contribution in [0.4, 0.5) is 13.2 Å². The predicted octanol–water partition coefficient (Wildman–Crippen LogP) is 2.19. The molecule has 2 aromatic rings. The van der Waals surface area contributed by atoms with Crippen LogP contribution in [0.1, 0.15) is 16.1 Å². The van der Waals surface area contributed by atoms with Gasteiger partial charge in [-0.15, -0.1) is 0 Å². The molecule has 0 atom stereocenters. The first-order valence-electron chi connectivity index (χ1n) is 4.90. The molecule has 94 valence electrons. The third kappa shape index (κ3) is 2.20. The van der Waals surface area contributed by atoms with Crippen molar-refractivity contribution in [2.24, 2.45) is 5.73 Å². The van der Waals surface area contributed by atoms with Crippen LogP contribution in [0.15, 0.2) is 30.5 Å². The van der Waals surface area contributed by atoms with Gasteiger partial charge in [0.05, 0.1) is 11.8 Å². The minimum absolute atomic E-state index is 0.0646. The number of primary amides is 1. The van der Waals surface area contributed by atoms with Crippen LogP contribution in [0.25, 0.3) is 11.1 Å². The molecule has 1 aromatic carbocycles. The molecule has 18 heavy (non-hydrogen) atoms. The Kier molecular flexibility index (Phi) is 2.82. The molecule has 0 radical (unpaired) electrons. The fraction of sp³-hybridized carbons (Fsp3) is 0.0909. The molecule has 1 heterocycles. The van der Waals surface area contributed by atoms with Gasteiger partial charge in [-0.2, -0.15) is 18.3 Å². The predicted molar refractivity (Wildman–Crippen MR) is 57.5 cm³/mol. The van der Waals surface area contributed by atoms with Crippen molar-refractivity contribution in [3.8, 4) is 11.1 Å². The minimum Gasteiger partial charge on any atom is -0.364 e. The van der Waals surface area contributed by atoms with Crippen molar-refractivity contribution >= 4 is 5.91 Å². The lowest BCUT2D eigenvalue weighted by Crippen LogP contribution is -2.12. The lowest BCUT2D eigenvalue weighted by atomic mass is 10.0. The third-order valence-electron chi connectivity index (χ3n) is 2.41. The maximum absolute atomic E-state index is 12.4. The summed E-state index contributed by atoms with van der Waals surface area (Å²) >= 11 is 0. The topological polar surface area (TPSA) is 71.8 Å². The van der Waals surface area contributed by atoms with Gasteiger partial charge in [0.1, 0.15) is 5.69 Å². The average Bonchev–Trinajstić information content (AvgIpc) is 2.77. The van der Waals surface area contributed by atoms with E-state index in [1.165, 1.54) is 18.3 Å². The van der Waals surface area contributed by atoms with Crippen molar-refractivity contribution in [1.29, 1.82) is 0 Å². The van der Waals surface area contributed by atoms with Gasteiger partial charge in [-0.25, -0.2) is 0 Å². The van der Waals surface area contributed by atoms with Crippen LogP contribution in [0.2, 0.25) is 0 Å². The van der Waals surface area contributed by atoms with E-state index in [9.17, 15) is 18.0 Å². The summed E-state index contributed by atoms with van der Waals surface area (Å²) in [6, 6.07) is 4.40. The van der Waals surface area contributed by atoms with Crippen LogP contribution in [0, 0.1) is 0 Å². The normalized spacial score (nSPS) is 11.5. The van der Waals surface area contributed by atoms with Crippen LogP contribution in [-0.2, 0) is 6.18 Å². The highest BCUT2D eigenvalue weighted by Gasteiger charge is 2.30. The number of nitrogens with two attached hydrogens (primary N) is 1. The summed E-state index contributed by atoms with van der Waals surface area (Å²) in [5.74, 6) is -0.720. The Labute approximate surface area is 99.6 Å². The number of halogens is 3. The van der Waals surface area contributed by atoms with Crippen LogP contribution >= 0.6 is 0 Å². The van der Waals surface area contributed by atoms with Crippen molar-refractivity contribution in [3.05, 3.63) is 41.7 Å². The molecule has 2 rings (SSSR count). The Morgan fingerprint density at radius 2 is 1.83 bits per heavy atom. The standard InChI is InChI=1S/C11H8F3N3O/c12-11(13,14)7-3-1-6(2-4-7)8-5-16-17-9(8)10(15)18/h1-5H,(H2,15,18)(H,16,17). The highest BCUT2D eigenvalue weighted by molar-refractivity contribution is 5.97. The number of hydrogen-bond donors (Lipinski definition) is 2. The van der Waals surface area contributed by atoms with Gasteiger partial charge in [-0.3, -0.25) is 9.89 Å². The lowest BCUT2D eigenvalue weighted by molar-refractivity contribution is -0.137. The first kappa shape index (κ1) is 12.2. The first-order valence-corrected chi connectivity index (χ1v) is 4.90. The van der Waals surface area contributed by atoms with Crippen molar-refractivity contribution in [3.63, 3.8) is 0 Å². The highest BCUT2D eigenvalue weighted by atomic mass is 19.4. The second-order valence-corrected chi connectivity index (χ2v) is 3.60. The first-order chi connectivity index (χ1) is 8.39. The summed E-state index contributed by atoms with van der Waals surface area (Å²) in [4.78, 5) is 11.1. The maximum atomic E-state index is 12.4. The smallest absolute Gasteiger partial charge is 0.364 e. The number of nitrogens with zero attached hydrogens (tertiary/aromatic N) is 1. The molecule has 0 unspecified atom stereocenters. The fourth-order valence-corrected chi connectivity index (χ4v) is 1.53. The van der Waals surface area contributed by atoms with Gasteiger partial charge in [0.25, 0.3) is 5.91 Å². The number of nitrogens with one attached hydrogen (secondary N) is 1. The zero-order valence-corrected chi connectivity index (χ0v) is 8.95. The zero-order valence-electron chi connectivity index (χ0n) is 8.95. The average molecular weight is 255 g/mol. The number of amides is 1. The number of H-pyrrole nitrogens is 1. The Hall–Kier alpha value is -2.31. The molecule has 0 spiro atoms. The summed E-state index contributed by atoms with van der Waals surface area (Å²) in [7, 11) is 0. The van der Waals surface area contributed by atoms with Crippen molar-refractivity contribution in [2.75, 3.05) is 0 Å². The number of aromatic amines is 1. The van der Waals surface area contributed by atoms with Gasteiger partial charge in [0.15, 0.2) is 0 Å². The van der Waals surface area contributed by atoms with Gasteiger partial charge in [-0.1, -0.05) is 12.1 Å². The molecule has 0 saturated heterocycles. The van der Waals surface area contributed by atoms with Crippen molar-refractivity contribution in [1.82, 2.24) is 10.2 Å². The molecule has 1 aromatic heterocycles. The van der Waals surface area contributed by atoms with E-state index in [0.717, 1.165) is 12.1 Å². The number of benzene rings is 1. The molecule has 4 nitrogen and oxygen atoms in total. The van der Waals surface area contributed by atoms with Gasteiger partial charge >= 0.3 is 6.18 Å². The van der Waals surface area contributed by atoms with E-state index in [1.54, 1.807) is 0 Å². The van der Waals surface area contributed by atoms with Crippen LogP contribution in [0.5, 0.6) is 0 Å². The summed E-state index contributed by atoms with van der Waals surface area (Å²) in [6.45, 7) is 0. The summed E-state index contributed by atoms with van der Waals surface area (Å²) in [5.41, 5.74) is 5.22. The van der Waals surface area contributed by atoms with E-state index in [1.807, 2.05) is 0 Å². The van der Waals surface area contributed by atoms with E-state index >= 15 is 0 Å². The maximum Gasteiger partial charge on any atom is 0.416 e. The Morgan fingerprint density at radius 1 is 1.22 bits per heavy atom. The Bertz CT molecular complexity index is 572. The molecule has 0 fully saturated rings. The van der Waals surface area contributed by atoms with E-state index < -0.39 is 17.6 Å². The molecule has 3 N–H and O–H groups in total. The molecule has 7 heteroatoms. The van der Waals surface area contributed by atoms with Crippen LogP contribution in [-0.4, -0.2) is 16.1 Å². The second-order valence-electron chi connectivity index (χ2n) is 3.60. The number of rotatable bonds is 2. The zero-order chi connectivity index (χ0) is 13.3. The number of carbonyl (C=O) groups is 1. The monoisotopic (exact) mass is 255 g/mol. The van der Waals surface area contributed by atoms with Gasteiger partial charge in [0.2, 0.25) is 0 Å². The highest BCUT2D eigenvalue weighted by Crippen LogP contribution is 2.31. The largest absolute Gasteiger partial charge is 0.416 e. The molecule has 0 aliphatic rings. The van der Waals surface area contributed by atoms with Gasteiger partial charge < -0.3 is 5.73 Å². The SMILES string of the molecule is NC(=O)c1[nH]ncc1-c1ccc(C(F)(F)F)cc1. The third-order valence-corrected chi connectivity index (χ3v) is 2.41. The quantitative estimate of drug-likeness (QED) is 0.863. The fourth-order valence-electron chi connectivity index (χ4n) is 1.53. The van der Waals surface area contributed by atoms with E-state index in [0.29, 0.717) is 11.1 Å². The summed E-state index contributed by atoms with van der Waals surface area (Å²) in [5, 5.41) is 6.04. The van der Waals surface area contributed by atoms with E-state index in [2.05, 4.69) is 10.2 Å². The number of alkyl halides is 3. The van der Waals surface area contributed by atoms with Crippen LogP contribution in [0.3, 0.4) is 0 Å². The molecular formula is C11H8F3N3O. The van der Waals surface area contributed by atoms with Crippen LogP contribution < -0.4 is 5.73 Å². The molecule has 0 bridgehead atoms. The molecular weight excluding hydrogens is 247 g/mol. The number of carbonyl (C=O) groups excluding carboxylic acids is 1. The van der Waals surface area contributed by atoms with E-state index in [4.69, 9.17) is 5.73 Å². The molecule has 0 saturated carbocycles. The Balaban J connectivity index is 2.41. The molecule has 1 amide bonds. The number of hydrogen-bond acceptors (Lipinski definition) is 2. The van der Waals surface area contributed by atoms with E-state index in [-0.39, 0.29) is 5.69 Å². The molecule has 0 aliphatic heterocycles. The van der Waals surface area contributed by atoms with Gasteiger partial charge in [0, 0.05) is 5.56 Å². The number of aromatic nitrogens is 2. The van der Waals surface area contributed by atoms with Gasteiger partial charge in [-0.05, 0) is 17.7 Å². The van der Waals surface area contributed by atoms with Crippen molar-refractivity contribution < 1.29 is 18.0 Å². The lowest BCUT2D eigenvalue weighted by Gasteiger charge is -2.07. The summed E-state index contributed by atoms with van der Waals surface area (Å²) in [6.07, 6.45) is -3.05. The minimum atomic E-state index is -4.39. The second kappa shape index (κ2) is 4.17. The molecule has 0 aliphatic carbocycles.